The van der Waals surface area contributed by atoms with Gasteiger partial charge in [0.25, 0.3) is 0 Å². The monoisotopic (exact) mass is 180 g/mol. The number of hydrogen-bond acceptors (Lipinski definition) is 3. The second-order valence-electron chi connectivity index (χ2n) is 2.99. The van der Waals surface area contributed by atoms with Crippen molar-refractivity contribution in [1.29, 1.82) is 0 Å². The zero-order valence-electron chi connectivity index (χ0n) is 7.30. The first-order valence-corrected chi connectivity index (χ1v) is 4.64. The fourth-order valence-electron chi connectivity index (χ4n) is 0.481. The zero-order valence-corrected chi connectivity index (χ0v) is 8.46. The van der Waals surface area contributed by atoms with Crippen molar-refractivity contribution in [2.24, 2.45) is 0 Å². The van der Waals surface area contributed by atoms with Gasteiger partial charge in [-0.05, 0) is 20.8 Å². The second-order valence-corrected chi connectivity index (χ2v) is 4.75. The molecule has 0 bridgehead atoms. The Morgan fingerprint density at radius 3 is 1.45 bits per heavy atom. The van der Waals surface area contributed by atoms with Crippen LogP contribution in [-0.2, 0) is 13.3 Å². The van der Waals surface area contributed by atoms with Crippen LogP contribution in [0.4, 0.5) is 0 Å². The Labute approximate surface area is 71.6 Å². The first-order valence-electron chi connectivity index (χ1n) is 3.23. The predicted octanol–water partition coefficient (Wildman–Crippen LogP) is 1.45. The van der Waals surface area contributed by atoms with Gasteiger partial charge in [0, 0.05) is 14.2 Å². The summed E-state index contributed by atoms with van der Waals surface area (Å²) in [4.78, 5) is 0. The summed E-state index contributed by atoms with van der Waals surface area (Å²) in [5.74, 6) is 0. The van der Waals surface area contributed by atoms with Crippen molar-refractivity contribution >= 4 is 9.53 Å². The van der Waals surface area contributed by atoms with E-state index in [-0.39, 0.29) is 13.0 Å². The Morgan fingerprint density at radius 2 is 1.36 bits per heavy atom. The van der Waals surface area contributed by atoms with Gasteiger partial charge >= 0.3 is 9.53 Å². The molecule has 4 heteroatoms. The van der Waals surface area contributed by atoms with E-state index in [0.29, 0.717) is 0 Å². The molecule has 0 rings (SSSR count). The molecule has 0 radical (unpaired) electrons. The third-order valence-electron chi connectivity index (χ3n) is 0.835. The maximum absolute atomic E-state index is 5.43. The molecule has 70 valence electrons. The van der Waals surface area contributed by atoms with Gasteiger partial charge < -0.3 is 13.3 Å². The Morgan fingerprint density at radius 1 is 1.00 bits per heavy atom. The molecule has 0 spiro atoms. The van der Waals surface area contributed by atoms with Crippen molar-refractivity contribution < 1.29 is 13.3 Å². The van der Waals surface area contributed by atoms with E-state index < -0.39 is 9.53 Å². The van der Waals surface area contributed by atoms with Crippen LogP contribution < -0.4 is 0 Å². The van der Waals surface area contributed by atoms with E-state index in [2.05, 4.69) is 0 Å². The molecule has 11 heavy (non-hydrogen) atoms. The molecule has 0 saturated carbocycles. The standard InChI is InChI=1S/C6H16O3Si.CH4/c1-6(2,3)9-10(7-4)8-5;/h10H,1-5H3;1H4. The van der Waals surface area contributed by atoms with Crippen LogP contribution in [0.1, 0.15) is 28.2 Å². The molecule has 0 atom stereocenters. The average molecular weight is 180 g/mol. The van der Waals surface area contributed by atoms with Crippen molar-refractivity contribution in [2.45, 2.75) is 33.8 Å². The summed E-state index contributed by atoms with van der Waals surface area (Å²) < 4.78 is 15.4. The smallest absolute Gasteiger partial charge is 0.379 e. The van der Waals surface area contributed by atoms with Crippen LogP contribution in [0.25, 0.3) is 0 Å². The van der Waals surface area contributed by atoms with Crippen molar-refractivity contribution in [3.8, 4) is 0 Å². The SMILES string of the molecule is C.CO[SiH](OC)OC(C)(C)C. The van der Waals surface area contributed by atoms with Gasteiger partial charge in [-0.15, -0.1) is 0 Å². The lowest BCUT2D eigenvalue weighted by atomic mass is 10.2. The predicted molar refractivity (Wildman–Crippen MR) is 48.7 cm³/mol. The first-order chi connectivity index (χ1) is 4.49. The van der Waals surface area contributed by atoms with Gasteiger partial charge in [0.05, 0.1) is 5.60 Å². The molecule has 0 heterocycles. The molecule has 0 aromatic rings. The lowest BCUT2D eigenvalue weighted by molar-refractivity contribution is 0.0430. The maximum Gasteiger partial charge on any atom is 0.484 e. The first kappa shape index (κ1) is 13.7. The van der Waals surface area contributed by atoms with E-state index in [1.54, 1.807) is 14.2 Å². The van der Waals surface area contributed by atoms with E-state index in [0.717, 1.165) is 0 Å². The lowest BCUT2D eigenvalue weighted by Gasteiger charge is -2.23. The molecule has 0 fully saturated rings. The Hall–Kier alpha value is 0.0969. The molecular weight excluding hydrogens is 160 g/mol. The maximum atomic E-state index is 5.43. The third-order valence-corrected chi connectivity index (χ3v) is 2.50. The average Bonchev–Trinajstić information content (AvgIpc) is 1.81. The molecule has 0 aliphatic rings. The number of hydrogen-bond donors (Lipinski definition) is 0. The molecule has 0 aromatic carbocycles. The summed E-state index contributed by atoms with van der Waals surface area (Å²) in [5.41, 5.74) is -0.164. The summed E-state index contributed by atoms with van der Waals surface area (Å²) in [5, 5.41) is 0. The minimum absolute atomic E-state index is 0. The van der Waals surface area contributed by atoms with E-state index in [9.17, 15) is 0 Å². The largest absolute Gasteiger partial charge is 0.484 e. The highest BCUT2D eigenvalue weighted by atomic mass is 28.3. The van der Waals surface area contributed by atoms with Crippen LogP contribution in [0.5, 0.6) is 0 Å². The van der Waals surface area contributed by atoms with E-state index >= 15 is 0 Å². The molecule has 3 nitrogen and oxygen atoms in total. The van der Waals surface area contributed by atoms with Gasteiger partial charge in [0.15, 0.2) is 0 Å². The molecule has 0 N–H and O–H groups in total. The van der Waals surface area contributed by atoms with E-state index in [1.807, 2.05) is 20.8 Å². The zero-order chi connectivity index (χ0) is 8.20. The van der Waals surface area contributed by atoms with Gasteiger partial charge in [0.1, 0.15) is 0 Å². The molecule has 0 unspecified atom stereocenters. The molecule has 0 aliphatic heterocycles. The molecular formula is C7H20O3Si. The van der Waals surface area contributed by atoms with Crippen LogP contribution in [0.2, 0.25) is 0 Å². The van der Waals surface area contributed by atoms with Crippen molar-refractivity contribution in [3.05, 3.63) is 0 Å². The van der Waals surface area contributed by atoms with Crippen LogP contribution in [-0.4, -0.2) is 29.3 Å². The Balaban J connectivity index is 0. The van der Waals surface area contributed by atoms with Crippen molar-refractivity contribution in [3.63, 3.8) is 0 Å². The van der Waals surface area contributed by atoms with Gasteiger partial charge in [-0.2, -0.15) is 0 Å². The summed E-state index contributed by atoms with van der Waals surface area (Å²) in [6.07, 6.45) is 0. The molecule has 0 amide bonds. The van der Waals surface area contributed by atoms with Crippen LogP contribution >= 0.6 is 0 Å². The highest BCUT2D eigenvalue weighted by Gasteiger charge is 2.20. The third kappa shape index (κ3) is 8.00. The van der Waals surface area contributed by atoms with Gasteiger partial charge in [-0.25, -0.2) is 0 Å². The van der Waals surface area contributed by atoms with E-state index in [1.165, 1.54) is 0 Å². The minimum atomic E-state index is -1.82. The fourth-order valence-corrected chi connectivity index (χ4v) is 1.44. The second kappa shape index (κ2) is 5.71. The normalized spacial score (nSPS) is 11.5. The minimum Gasteiger partial charge on any atom is -0.379 e. The van der Waals surface area contributed by atoms with E-state index in [4.69, 9.17) is 13.3 Å². The number of rotatable bonds is 3. The van der Waals surface area contributed by atoms with Crippen LogP contribution in [0, 0.1) is 0 Å². The summed E-state index contributed by atoms with van der Waals surface area (Å²) in [6, 6.07) is 0. The van der Waals surface area contributed by atoms with Crippen molar-refractivity contribution in [2.75, 3.05) is 14.2 Å². The van der Waals surface area contributed by atoms with Gasteiger partial charge in [-0.1, -0.05) is 7.43 Å². The van der Waals surface area contributed by atoms with Crippen molar-refractivity contribution in [1.82, 2.24) is 0 Å². The Kier molecular flexibility index (Phi) is 7.10. The quantitative estimate of drug-likeness (QED) is 0.615. The van der Waals surface area contributed by atoms with Gasteiger partial charge in [-0.3, -0.25) is 0 Å². The lowest BCUT2D eigenvalue weighted by Crippen LogP contribution is -2.34. The highest BCUT2D eigenvalue weighted by molar-refractivity contribution is 6.36. The fraction of sp³-hybridized carbons (Fsp3) is 1.00. The summed E-state index contributed by atoms with van der Waals surface area (Å²) in [7, 11) is 1.39. The highest BCUT2D eigenvalue weighted by Crippen LogP contribution is 2.08. The van der Waals surface area contributed by atoms with Crippen LogP contribution in [0.3, 0.4) is 0 Å². The molecule has 0 aliphatic carbocycles. The summed E-state index contributed by atoms with van der Waals surface area (Å²) >= 11 is 0. The Bertz CT molecular complexity index is 86.2. The topological polar surface area (TPSA) is 27.7 Å². The molecule has 0 aromatic heterocycles. The molecule has 0 saturated heterocycles. The van der Waals surface area contributed by atoms with Crippen LogP contribution in [0.15, 0.2) is 0 Å². The summed E-state index contributed by atoms with van der Waals surface area (Å²) in [6.45, 7) is 5.93. The van der Waals surface area contributed by atoms with Gasteiger partial charge in [0.2, 0.25) is 0 Å².